The van der Waals surface area contributed by atoms with Crippen LogP contribution in [-0.4, -0.2) is 15.0 Å². The minimum Gasteiger partial charge on any atom is -0.351 e. The van der Waals surface area contributed by atoms with Gasteiger partial charge in [-0.25, -0.2) is 4.79 Å². The van der Waals surface area contributed by atoms with Crippen LogP contribution in [0.15, 0.2) is 75.6 Å². The number of nitrogens with one attached hydrogen (secondary N) is 1. The van der Waals surface area contributed by atoms with E-state index in [1.165, 1.54) is 4.57 Å². The van der Waals surface area contributed by atoms with Gasteiger partial charge in [-0.3, -0.25) is 18.7 Å². The molecule has 170 valence electrons. The van der Waals surface area contributed by atoms with Crippen LogP contribution in [0.1, 0.15) is 29.7 Å². The van der Waals surface area contributed by atoms with Gasteiger partial charge >= 0.3 is 5.69 Å². The third-order valence-corrected chi connectivity index (χ3v) is 6.59. The minimum absolute atomic E-state index is 0.0330. The van der Waals surface area contributed by atoms with E-state index in [0.29, 0.717) is 48.3 Å². The van der Waals surface area contributed by atoms with Gasteiger partial charge in [0.1, 0.15) is 0 Å². The van der Waals surface area contributed by atoms with Crippen molar-refractivity contribution >= 4 is 39.7 Å². The Morgan fingerprint density at radius 1 is 0.939 bits per heavy atom. The molecule has 0 radical (unpaired) electrons. The van der Waals surface area contributed by atoms with E-state index < -0.39 is 0 Å². The number of benzene rings is 2. The van der Waals surface area contributed by atoms with E-state index >= 15 is 0 Å². The van der Waals surface area contributed by atoms with Gasteiger partial charge in [-0.2, -0.15) is 0 Å². The number of amides is 1. The first-order chi connectivity index (χ1) is 16.0. The Kier molecular flexibility index (Phi) is 7.42. The molecular weight excluding hydrogens is 458 g/mol. The third kappa shape index (κ3) is 5.61. The number of fused-ring (bicyclic) bond motifs is 1. The van der Waals surface area contributed by atoms with E-state index in [1.807, 2.05) is 35.7 Å². The lowest BCUT2D eigenvalue weighted by Gasteiger charge is -2.14. The Morgan fingerprint density at radius 2 is 1.73 bits per heavy atom. The molecule has 0 bridgehead atoms. The number of carbonyl (C=O) groups excluding carboxylic acids is 1. The highest BCUT2D eigenvalue weighted by atomic mass is 35.5. The van der Waals surface area contributed by atoms with Gasteiger partial charge in [0.05, 0.1) is 24.0 Å². The lowest BCUT2D eigenvalue weighted by molar-refractivity contribution is -0.121. The number of carbonyl (C=O) groups is 1. The van der Waals surface area contributed by atoms with Gasteiger partial charge in [0, 0.05) is 22.9 Å². The zero-order valence-electron chi connectivity index (χ0n) is 18.0. The molecule has 2 aromatic heterocycles. The van der Waals surface area contributed by atoms with Gasteiger partial charge in [0.15, 0.2) is 0 Å². The minimum atomic E-state index is -0.351. The summed E-state index contributed by atoms with van der Waals surface area (Å²) in [5.41, 5.74) is 0.867. The van der Waals surface area contributed by atoms with Crippen LogP contribution in [0.4, 0.5) is 0 Å². The number of halogens is 1. The lowest BCUT2D eigenvalue weighted by Crippen LogP contribution is -2.40. The monoisotopic (exact) mass is 481 g/mol. The summed E-state index contributed by atoms with van der Waals surface area (Å²) in [5, 5.41) is 6.00. The Balaban J connectivity index is 1.47. The molecule has 0 aliphatic rings. The highest BCUT2D eigenvalue weighted by Crippen LogP contribution is 2.14. The first kappa shape index (κ1) is 23.0. The maximum absolute atomic E-state index is 13.3. The fourth-order valence-electron chi connectivity index (χ4n) is 3.74. The first-order valence-electron chi connectivity index (χ1n) is 10.8. The highest BCUT2D eigenvalue weighted by Gasteiger charge is 2.13. The van der Waals surface area contributed by atoms with Gasteiger partial charge in [-0.05, 0) is 54.1 Å². The van der Waals surface area contributed by atoms with Crippen molar-refractivity contribution in [1.29, 1.82) is 0 Å². The van der Waals surface area contributed by atoms with E-state index in [4.69, 9.17) is 11.6 Å². The molecule has 0 atom stereocenters. The van der Waals surface area contributed by atoms with Crippen LogP contribution in [0.5, 0.6) is 0 Å². The van der Waals surface area contributed by atoms with Crippen molar-refractivity contribution < 1.29 is 4.79 Å². The molecule has 4 aromatic rings. The predicted molar refractivity (Wildman–Crippen MR) is 133 cm³/mol. The number of unbranched alkanes of at least 4 members (excludes halogenated alkanes) is 1. The van der Waals surface area contributed by atoms with Gasteiger partial charge in [0.2, 0.25) is 5.91 Å². The molecule has 0 fully saturated rings. The molecule has 0 unspecified atom stereocenters. The number of thiophene rings is 1. The summed E-state index contributed by atoms with van der Waals surface area (Å²) in [6.45, 7) is 1.12. The third-order valence-electron chi connectivity index (χ3n) is 5.46. The van der Waals surface area contributed by atoms with Crippen molar-refractivity contribution in [2.45, 2.75) is 38.9 Å². The molecule has 8 heteroatoms. The molecule has 1 amide bonds. The SMILES string of the molecule is O=C(CCCCn1c(=O)c2ccccc2n(Cc2ccc(Cl)cc2)c1=O)NCc1cccs1. The van der Waals surface area contributed by atoms with Crippen molar-refractivity contribution in [3.8, 4) is 0 Å². The fraction of sp³-hybridized carbons (Fsp3) is 0.240. The van der Waals surface area contributed by atoms with Crippen molar-refractivity contribution in [1.82, 2.24) is 14.5 Å². The Labute approximate surface area is 200 Å². The summed E-state index contributed by atoms with van der Waals surface area (Å²) >= 11 is 7.58. The molecule has 4 rings (SSSR count). The van der Waals surface area contributed by atoms with Gasteiger partial charge in [-0.1, -0.05) is 41.9 Å². The van der Waals surface area contributed by atoms with Crippen molar-refractivity contribution in [2.75, 3.05) is 0 Å². The van der Waals surface area contributed by atoms with Crippen LogP contribution in [0, 0.1) is 0 Å². The normalized spacial score (nSPS) is 11.1. The largest absolute Gasteiger partial charge is 0.351 e. The Morgan fingerprint density at radius 3 is 2.48 bits per heavy atom. The Bertz CT molecular complexity index is 1360. The van der Waals surface area contributed by atoms with Crippen LogP contribution in [0.2, 0.25) is 5.02 Å². The molecule has 0 aliphatic carbocycles. The Hall–Kier alpha value is -3.16. The number of hydrogen-bond donors (Lipinski definition) is 1. The van der Waals surface area contributed by atoms with Crippen LogP contribution < -0.4 is 16.6 Å². The van der Waals surface area contributed by atoms with E-state index in [1.54, 1.807) is 46.2 Å². The quantitative estimate of drug-likeness (QED) is 0.360. The summed E-state index contributed by atoms with van der Waals surface area (Å²) in [6.07, 6.45) is 1.50. The number of para-hydroxylation sites is 1. The van der Waals surface area contributed by atoms with E-state index in [2.05, 4.69) is 5.32 Å². The predicted octanol–water partition coefficient (Wildman–Crippen LogP) is 4.41. The maximum Gasteiger partial charge on any atom is 0.331 e. The number of aromatic nitrogens is 2. The molecule has 6 nitrogen and oxygen atoms in total. The molecule has 0 spiro atoms. The molecule has 33 heavy (non-hydrogen) atoms. The van der Waals surface area contributed by atoms with Crippen LogP contribution in [0.25, 0.3) is 10.9 Å². The average molecular weight is 482 g/mol. The molecule has 2 aromatic carbocycles. The van der Waals surface area contributed by atoms with Crippen LogP contribution >= 0.6 is 22.9 Å². The molecule has 1 N–H and O–H groups in total. The van der Waals surface area contributed by atoms with E-state index in [0.717, 1.165) is 10.4 Å². The molecule has 2 heterocycles. The number of nitrogens with zero attached hydrogens (tertiary/aromatic N) is 2. The zero-order valence-corrected chi connectivity index (χ0v) is 19.6. The van der Waals surface area contributed by atoms with E-state index in [-0.39, 0.29) is 23.7 Å². The zero-order chi connectivity index (χ0) is 23.2. The second-order valence-electron chi connectivity index (χ2n) is 7.78. The topological polar surface area (TPSA) is 73.1 Å². The highest BCUT2D eigenvalue weighted by molar-refractivity contribution is 7.09. The smallest absolute Gasteiger partial charge is 0.331 e. The van der Waals surface area contributed by atoms with Gasteiger partial charge < -0.3 is 5.32 Å². The maximum atomic E-state index is 13.3. The number of rotatable bonds is 9. The first-order valence-corrected chi connectivity index (χ1v) is 12.0. The van der Waals surface area contributed by atoms with Gasteiger partial charge in [0.25, 0.3) is 5.56 Å². The molecular formula is C25H24ClN3O3S. The van der Waals surface area contributed by atoms with Crippen molar-refractivity contribution in [3.05, 3.63) is 102 Å². The average Bonchev–Trinajstić information content (AvgIpc) is 3.35. The summed E-state index contributed by atoms with van der Waals surface area (Å²) in [5.74, 6) is -0.0330. The fourth-order valence-corrected chi connectivity index (χ4v) is 4.51. The lowest BCUT2D eigenvalue weighted by atomic mass is 10.2. The summed E-state index contributed by atoms with van der Waals surface area (Å²) in [7, 11) is 0. The summed E-state index contributed by atoms with van der Waals surface area (Å²) in [4.78, 5) is 39.5. The second kappa shape index (κ2) is 10.6. The molecule has 0 saturated heterocycles. The van der Waals surface area contributed by atoms with Crippen LogP contribution in [0.3, 0.4) is 0 Å². The van der Waals surface area contributed by atoms with Gasteiger partial charge in [-0.15, -0.1) is 11.3 Å². The standard InChI is InChI=1S/C25H24ClN3O3S/c26-19-12-10-18(11-13-19)17-29-22-8-2-1-7-21(22)24(31)28(25(29)32)14-4-3-9-23(30)27-16-20-6-5-15-33-20/h1-2,5-8,10-13,15H,3-4,9,14,16-17H2,(H,27,30). The summed E-state index contributed by atoms with van der Waals surface area (Å²) in [6, 6.07) is 18.4. The second-order valence-corrected chi connectivity index (χ2v) is 9.25. The van der Waals surface area contributed by atoms with E-state index in [9.17, 15) is 14.4 Å². The molecule has 0 aliphatic heterocycles. The van der Waals surface area contributed by atoms with Crippen LogP contribution in [-0.2, 0) is 24.4 Å². The number of hydrogen-bond acceptors (Lipinski definition) is 4. The van der Waals surface area contributed by atoms with Crippen molar-refractivity contribution in [3.63, 3.8) is 0 Å². The summed E-state index contributed by atoms with van der Waals surface area (Å²) < 4.78 is 2.90. The molecule has 0 saturated carbocycles. The van der Waals surface area contributed by atoms with Crippen molar-refractivity contribution in [2.24, 2.45) is 0 Å².